The fourth-order valence-electron chi connectivity index (χ4n) is 4.16. The van der Waals surface area contributed by atoms with Crippen molar-refractivity contribution in [2.24, 2.45) is 11.8 Å². The Morgan fingerprint density at radius 3 is 2.55 bits per heavy atom. The summed E-state index contributed by atoms with van der Waals surface area (Å²) >= 11 is 0. The molecule has 0 aromatic rings. The van der Waals surface area contributed by atoms with Crippen LogP contribution in [0.2, 0.25) is 0 Å². The highest BCUT2D eigenvalue weighted by atomic mass is 16.2. The van der Waals surface area contributed by atoms with E-state index < -0.39 is 0 Å². The second-order valence-electron chi connectivity index (χ2n) is 6.94. The molecule has 1 aliphatic heterocycles. The van der Waals surface area contributed by atoms with E-state index in [2.05, 4.69) is 37.9 Å². The molecular weight excluding hydrogens is 248 g/mol. The normalized spacial score (nSPS) is 35.0. The molecule has 1 amide bonds. The lowest BCUT2D eigenvalue weighted by Crippen LogP contribution is -2.50. The van der Waals surface area contributed by atoms with Crippen molar-refractivity contribution in [1.82, 2.24) is 10.2 Å². The fraction of sp³-hybridized carbons (Fsp3) is 0.941. The quantitative estimate of drug-likeness (QED) is 0.835. The van der Waals surface area contributed by atoms with Crippen molar-refractivity contribution in [2.45, 2.75) is 90.9 Å². The number of nitrogens with zero attached hydrogens (tertiary/aromatic N) is 1. The van der Waals surface area contributed by atoms with E-state index in [1.165, 1.54) is 25.7 Å². The van der Waals surface area contributed by atoms with Gasteiger partial charge in [-0.2, -0.15) is 0 Å². The molecule has 4 unspecified atom stereocenters. The summed E-state index contributed by atoms with van der Waals surface area (Å²) in [5.41, 5.74) is 0. The number of rotatable bonds is 5. The van der Waals surface area contributed by atoms with Crippen LogP contribution in [0.25, 0.3) is 0 Å². The minimum Gasteiger partial charge on any atom is -0.323 e. The zero-order valence-electron chi connectivity index (χ0n) is 13.7. The molecular formula is C17H32N2O. The van der Waals surface area contributed by atoms with Gasteiger partial charge in [0.15, 0.2) is 0 Å². The van der Waals surface area contributed by atoms with Gasteiger partial charge in [-0.15, -0.1) is 0 Å². The monoisotopic (exact) mass is 280 g/mol. The number of amides is 1. The van der Waals surface area contributed by atoms with Crippen LogP contribution in [-0.2, 0) is 4.79 Å². The Morgan fingerprint density at radius 2 is 1.95 bits per heavy atom. The minimum atomic E-state index is 0.0567. The molecule has 0 bridgehead atoms. The summed E-state index contributed by atoms with van der Waals surface area (Å²) in [6, 6.07) is 0.526. The predicted octanol–water partition coefficient (Wildman–Crippen LogP) is 3.54. The highest BCUT2D eigenvalue weighted by Crippen LogP contribution is 2.36. The average Bonchev–Trinajstić information content (AvgIpc) is 2.75. The minimum absolute atomic E-state index is 0.0567. The van der Waals surface area contributed by atoms with E-state index >= 15 is 0 Å². The van der Waals surface area contributed by atoms with Gasteiger partial charge < -0.3 is 4.90 Å². The molecule has 20 heavy (non-hydrogen) atoms. The summed E-state index contributed by atoms with van der Waals surface area (Å²) < 4.78 is 0. The third kappa shape index (κ3) is 3.03. The molecule has 1 saturated heterocycles. The van der Waals surface area contributed by atoms with Gasteiger partial charge in [0.2, 0.25) is 5.91 Å². The van der Waals surface area contributed by atoms with Crippen molar-refractivity contribution in [2.75, 3.05) is 0 Å². The molecule has 2 fully saturated rings. The maximum atomic E-state index is 12.8. The van der Waals surface area contributed by atoms with E-state index in [1.54, 1.807) is 0 Å². The van der Waals surface area contributed by atoms with E-state index in [0.717, 1.165) is 19.3 Å². The van der Waals surface area contributed by atoms with E-state index in [-0.39, 0.29) is 12.2 Å². The molecule has 2 aliphatic rings. The van der Waals surface area contributed by atoms with Gasteiger partial charge in [-0.3, -0.25) is 10.1 Å². The zero-order valence-corrected chi connectivity index (χ0v) is 13.7. The third-order valence-corrected chi connectivity index (χ3v) is 5.25. The lowest BCUT2D eigenvalue weighted by atomic mass is 9.77. The highest BCUT2D eigenvalue weighted by Gasteiger charge is 2.44. The standard InChI is InChI=1S/C17H32N2O/c1-5-9-16-18-14(6-2)17(20)19(16)15-11-8-7-10-13(15)12(3)4/h12-16,18H,5-11H2,1-4H3. The third-order valence-electron chi connectivity index (χ3n) is 5.25. The van der Waals surface area contributed by atoms with Crippen molar-refractivity contribution in [3.8, 4) is 0 Å². The van der Waals surface area contributed by atoms with E-state index in [0.29, 0.717) is 23.8 Å². The van der Waals surface area contributed by atoms with Crippen molar-refractivity contribution < 1.29 is 4.79 Å². The molecule has 3 nitrogen and oxygen atoms in total. The van der Waals surface area contributed by atoms with Gasteiger partial charge in [0.1, 0.15) is 0 Å². The lowest BCUT2D eigenvalue weighted by molar-refractivity contribution is -0.135. The van der Waals surface area contributed by atoms with Gasteiger partial charge in [-0.25, -0.2) is 0 Å². The maximum Gasteiger partial charge on any atom is 0.241 e. The van der Waals surface area contributed by atoms with Crippen LogP contribution >= 0.6 is 0 Å². The summed E-state index contributed by atoms with van der Waals surface area (Å²) in [6.07, 6.45) is 8.53. The van der Waals surface area contributed by atoms with Crippen LogP contribution in [-0.4, -0.2) is 29.1 Å². The van der Waals surface area contributed by atoms with E-state index in [4.69, 9.17) is 0 Å². The van der Waals surface area contributed by atoms with Gasteiger partial charge in [0.05, 0.1) is 12.2 Å². The Morgan fingerprint density at radius 1 is 1.25 bits per heavy atom. The molecule has 0 radical (unpaired) electrons. The molecule has 1 heterocycles. The second-order valence-corrected chi connectivity index (χ2v) is 6.94. The SMILES string of the molecule is CCCC1NC(CC)C(=O)N1C1CCCCC1C(C)C. The molecule has 116 valence electrons. The Labute approximate surface area is 124 Å². The number of carbonyl (C=O) groups is 1. The molecule has 1 N–H and O–H groups in total. The molecule has 1 aliphatic carbocycles. The number of hydrogen-bond donors (Lipinski definition) is 1. The first-order valence-electron chi connectivity index (χ1n) is 8.68. The van der Waals surface area contributed by atoms with Crippen molar-refractivity contribution in [3.63, 3.8) is 0 Å². The molecule has 0 spiro atoms. The molecule has 4 atom stereocenters. The summed E-state index contributed by atoms with van der Waals surface area (Å²) in [5, 5.41) is 3.57. The Hall–Kier alpha value is -0.570. The van der Waals surface area contributed by atoms with Crippen molar-refractivity contribution in [1.29, 1.82) is 0 Å². The second kappa shape index (κ2) is 6.93. The smallest absolute Gasteiger partial charge is 0.241 e. The van der Waals surface area contributed by atoms with Crippen molar-refractivity contribution >= 4 is 5.91 Å². The Bertz CT molecular complexity index is 329. The van der Waals surface area contributed by atoms with E-state index in [1.807, 2.05) is 0 Å². The van der Waals surface area contributed by atoms with Crippen LogP contribution < -0.4 is 5.32 Å². The van der Waals surface area contributed by atoms with Crippen LogP contribution in [0, 0.1) is 11.8 Å². The summed E-state index contributed by atoms with van der Waals surface area (Å²) in [7, 11) is 0. The predicted molar refractivity (Wildman–Crippen MR) is 83.3 cm³/mol. The van der Waals surface area contributed by atoms with E-state index in [9.17, 15) is 4.79 Å². The molecule has 0 aromatic carbocycles. The summed E-state index contributed by atoms with van der Waals surface area (Å²) in [5.74, 6) is 1.73. The molecule has 3 heteroatoms. The summed E-state index contributed by atoms with van der Waals surface area (Å²) in [4.78, 5) is 15.0. The van der Waals surface area contributed by atoms with Gasteiger partial charge in [-0.05, 0) is 37.5 Å². The maximum absolute atomic E-state index is 12.8. The average molecular weight is 280 g/mol. The number of carbonyl (C=O) groups excluding carboxylic acids is 1. The Kier molecular flexibility index (Phi) is 5.48. The number of hydrogen-bond acceptors (Lipinski definition) is 2. The zero-order chi connectivity index (χ0) is 14.7. The molecule has 0 aromatic heterocycles. The first kappa shape index (κ1) is 15.8. The van der Waals surface area contributed by atoms with Gasteiger partial charge in [0.25, 0.3) is 0 Å². The lowest BCUT2D eigenvalue weighted by Gasteiger charge is -2.42. The Balaban J connectivity index is 2.19. The largest absolute Gasteiger partial charge is 0.323 e. The van der Waals surface area contributed by atoms with Gasteiger partial charge in [0, 0.05) is 6.04 Å². The van der Waals surface area contributed by atoms with Crippen molar-refractivity contribution in [3.05, 3.63) is 0 Å². The van der Waals surface area contributed by atoms with Gasteiger partial charge in [-0.1, -0.05) is 47.0 Å². The highest BCUT2D eigenvalue weighted by molar-refractivity contribution is 5.84. The van der Waals surface area contributed by atoms with Crippen LogP contribution in [0.5, 0.6) is 0 Å². The van der Waals surface area contributed by atoms with Crippen LogP contribution in [0.3, 0.4) is 0 Å². The number of nitrogens with one attached hydrogen (secondary N) is 1. The molecule has 2 rings (SSSR count). The van der Waals surface area contributed by atoms with Crippen LogP contribution in [0.4, 0.5) is 0 Å². The van der Waals surface area contributed by atoms with Gasteiger partial charge >= 0.3 is 0 Å². The van der Waals surface area contributed by atoms with Crippen LogP contribution in [0.1, 0.15) is 72.6 Å². The fourth-order valence-corrected chi connectivity index (χ4v) is 4.16. The first-order chi connectivity index (χ1) is 9.60. The molecule has 1 saturated carbocycles. The first-order valence-corrected chi connectivity index (χ1v) is 8.68. The van der Waals surface area contributed by atoms with Crippen LogP contribution in [0.15, 0.2) is 0 Å². The topological polar surface area (TPSA) is 32.3 Å². The summed E-state index contributed by atoms with van der Waals surface area (Å²) in [6.45, 7) is 8.97.